The molecule has 0 saturated heterocycles. The van der Waals surface area contributed by atoms with Crippen molar-refractivity contribution in [2.45, 2.75) is 5.41 Å². The van der Waals surface area contributed by atoms with Crippen molar-refractivity contribution in [2.75, 3.05) is 4.90 Å². The third kappa shape index (κ3) is 4.88. The van der Waals surface area contributed by atoms with E-state index in [2.05, 4.69) is 229 Å². The number of fused-ring (bicyclic) bond motifs is 10. The minimum atomic E-state index is -0.433. The molecular weight excluding hydrogens is 675 g/mol. The fourth-order valence-electron chi connectivity index (χ4n) is 9.47. The SMILES string of the molecule is c1ccc(-c2ccc(N(c3ccc4c(c3)C3(c5ccccc5-c5ccccc53)c3ccccc3-4)c3ccc(-c4ccccc4)cc3-c3ccccc3)cc2)cc1. The van der Waals surface area contributed by atoms with Crippen molar-refractivity contribution in [3.8, 4) is 55.6 Å². The van der Waals surface area contributed by atoms with Gasteiger partial charge in [-0.1, -0.05) is 188 Å². The lowest BCUT2D eigenvalue weighted by atomic mass is 9.70. The van der Waals surface area contributed by atoms with Crippen LogP contribution in [0.5, 0.6) is 0 Å². The summed E-state index contributed by atoms with van der Waals surface area (Å²) >= 11 is 0. The molecule has 0 amide bonds. The molecule has 0 saturated carbocycles. The number of anilines is 3. The Hall–Kier alpha value is -7.22. The van der Waals surface area contributed by atoms with Crippen molar-refractivity contribution in [2.24, 2.45) is 0 Å². The van der Waals surface area contributed by atoms with E-state index >= 15 is 0 Å². The summed E-state index contributed by atoms with van der Waals surface area (Å²) < 4.78 is 0. The van der Waals surface area contributed by atoms with Gasteiger partial charge in [-0.25, -0.2) is 0 Å². The second-order valence-electron chi connectivity index (χ2n) is 14.8. The number of nitrogens with zero attached hydrogens (tertiary/aromatic N) is 1. The lowest BCUT2D eigenvalue weighted by Crippen LogP contribution is -2.26. The van der Waals surface area contributed by atoms with Crippen LogP contribution in [0, 0.1) is 0 Å². The van der Waals surface area contributed by atoms with Gasteiger partial charge in [0, 0.05) is 16.9 Å². The second-order valence-corrected chi connectivity index (χ2v) is 14.8. The fourth-order valence-corrected chi connectivity index (χ4v) is 9.47. The zero-order chi connectivity index (χ0) is 37.1. The Morgan fingerprint density at radius 3 is 1.21 bits per heavy atom. The summed E-state index contributed by atoms with van der Waals surface area (Å²) in [6.07, 6.45) is 0. The van der Waals surface area contributed by atoms with Crippen molar-refractivity contribution < 1.29 is 0 Å². The topological polar surface area (TPSA) is 3.24 Å². The molecule has 2 aliphatic rings. The van der Waals surface area contributed by atoms with Gasteiger partial charge in [0.25, 0.3) is 0 Å². The quantitative estimate of drug-likeness (QED) is 0.166. The van der Waals surface area contributed by atoms with Crippen LogP contribution in [-0.4, -0.2) is 0 Å². The van der Waals surface area contributed by atoms with Crippen molar-refractivity contribution in [1.29, 1.82) is 0 Å². The molecule has 0 N–H and O–H groups in total. The van der Waals surface area contributed by atoms with E-state index in [9.17, 15) is 0 Å². The van der Waals surface area contributed by atoms with Gasteiger partial charge in [-0.05, 0) is 109 Å². The smallest absolute Gasteiger partial charge is 0.0726 e. The number of benzene rings is 9. The molecule has 9 aromatic rings. The molecule has 9 aromatic carbocycles. The standard InChI is InChI=1S/C55H37N/c1-4-16-38(17-5-1)40-28-31-43(32-29-40)56(54-35-30-42(39-18-6-2-7-19-39)36-49(54)41-20-8-3-9-21-41)44-33-34-48-47-24-12-15-27-52(47)55(53(48)37-44)50-25-13-10-22-45(50)46-23-11-14-26-51(46)55/h1-37H. The molecular formula is C55H37N. The van der Waals surface area contributed by atoms with Gasteiger partial charge in [0.15, 0.2) is 0 Å². The predicted octanol–water partition coefficient (Wildman–Crippen LogP) is 14.5. The van der Waals surface area contributed by atoms with Gasteiger partial charge in [0.2, 0.25) is 0 Å². The van der Waals surface area contributed by atoms with Crippen LogP contribution in [0.15, 0.2) is 224 Å². The van der Waals surface area contributed by atoms with Gasteiger partial charge in [-0.15, -0.1) is 0 Å². The van der Waals surface area contributed by atoms with Crippen molar-refractivity contribution >= 4 is 17.1 Å². The molecule has 56 heavy (non-hydrogen) atoms. The summed E-state index contributed by atoms with van der Waals surface area (Å²) in [5.74, 6) is 0. The minimum absolute atomic E-state index is 0.433. The Labute approximate surface area is 328 Å². The molecule has 1 heteroatoms. The monoisotopic (exact) mass is 711 g/mol. The number of rotatable bonds is 6. The number of hydrogen-bond donors (Lipinski definition) is 0. The molecule has 0 heterocycles. The highest BCUT2D eigenvalue weighted by molar-refractivity contribution is 5.97. The summed E-state index contributed by atoms with van der Waals surface area (Å²) in [4.78, 5) is 2.47. The van der Waals surface area contributed by atoms with Crippen molar-refractivity contribution in [1.82, 2.24) is 0 Å². The summed E-state index contributed by atoms with van der Waals surface area (Å²) in [5, 5.41) is 0. The molecule has 0 bridgehead atoms. The average Bonchev–Trinajstić information content (AvgIpc) is 3.75. The summed E-state index contributed by atoms with van der Waals surface area (Å²) in [5.41, 5.74) is 20.6. The molecule has 1 spiro atoms. The van der Waals surface area contributed by atoms with E-state index in [0.29, 0.717) is 0 Å². The Balaban J connectivity index is 1.18. The van der Waals surface area contributed by atoms with Crippen LogP contribution < -0.4 is 4.90 Å². The van der Waals surface area contributed by atoms with Crippen LogP contribution >= 0.6 is 0 Å². The van der Waals surface area contributed by atoms with E-state index in [1.807, 2.05) is 0 Å². The highest BCUT2D eigenvalue weighted by Gasteiger charge is 2.51. The van der Waals surface area contributed by atoms with Crippen LogP contribution in [0.3, 0.4) is 0 Å². The van der Waals surface area contributed by atoms with E-state index in [-0.39, 0.29) is 0 Å². The molecule has 0 fully saturated rings. The normalized spacial score (nSPS) is 12.8. The second kappa shape index (κ2) is 13.0. The molecule has 11 rings (SSSR count). The van der Waals surface area contributed by atoms with Gasteiger partial charge in [0.05, 0.1) is 11.1 Å². The van der Waals surface area contributed by atoms with E-state index < -0.39 is 5.41 Å². The maximum Gasteiger partial charge on any atom is 0.0726 e. The lowest BCUT2D eigenvalue weighted by molar-refractivity contribution is 0.793. The molecule has 1 nitrogen and oxygen atoms in total. The first-order valence-electron chi connectivity index (χ1n) is 19.4. The third-order valence-corrected chi connectivity index (χ3v) is 11.9. The zero-order valence-corrected chi connectivity index (χ0v) is 30.8. The van der Waals surface area contributed by atoms with Crippen LogP contribution in [0.2, 0.25) is 0 Å². The van der Waals surface area contributed by atoms with Crippen LogP contribution in [0.25, 0.3) is 55.6 Å². The molecule has 2 aliphatic carbocycles. The Morgan fingerprint density at radius 1 is 0.250 bits per heavy atom. The summed E-state index contributed by atoms with van der Waals surface area (Å²) in [7, 11) is 0. The highest BCUT2D eigenvalue weighted by atomic mass is 15.1. The maximum absolute atomic E-state index is 2.49. The van der Waals surface area contributed by atoms with Gasteiger partial charge < -0.3 is 4.90 Å². The maximum atomic E-state index is 2.49. The molecule has 262 valence electrons. The van der Waals surface area contributed by atoms with Crippen molar-refractivity contribution in [3.63, 3.8) is 0 Å². The summed E-state index contributed by atoms with van der Waals surface area (Å²) in [6, 6.07) is 82.5. The molecule has 0 unspecified atom stereocenters. The van der Waals surface area contributed by atoms with Crippen LogP contribution in [-0.2, 0) is 5.41 Å². The highest BCUT2D eigenvalue weighted by Crippen LogP contribution is 2.63. The molecule has 0 aromatic heterocycles. The lowest BCUT2D eigenvalue weighted by Gasteiger charge is -2.33. The molecule has 0 atom stereocenters. The largest absolute Gasteiger partial charge is 0.310 e. The Morgan fingerprint density at radius 2 is 0.661 bits per heavy atom. The zero-order valence-electron chi connectivity index (χ0n) is 30.8. The van der Waals surface area contributed by atoms with Gasteiger partial charge in [0.1, 0.15) is 0 Å². The van der Waals surface area contributed by atoms with E-state index in [1.165, 1.54) is 77.9 Å². The Kier molecular flexibility index (Phi) is 7.47. The average molecular weight is 712 g/mol. The first-order chi connectivity index (χ1) is 27.8. The van der Waals surface area contributed by atoms with Crippen LogP contribution in [0.1, 0.15) is 22.3 Å². The van der Waals surface area contributed by atoms with Gasteiger partial charge in [-0.3, -0.25) is 0 Å². The van der Waals surface area contributed by atoms with Gasteiger partial charge in [-0.2, -0.15) is 0 Å². The fraction of sp³-hybridized carbons (Fsp3) is 0.0182. The van der Waals surface area contributed by atoms with Crippen molar-refractivity contribution in [3.05, 3.63) is 247 Å². The molecule has 0 radical (unpaired) electrons. The predicted molar refractivity (Wildman–Crippen MR) is 234 cm³/mol. The molecule has 0 aliphatic heterocycles. The minimum Gasteiger partial charge on any atom is -0.310 e. The first kappa shape index (κ1) is 32.2. The van der Waals surface area contributed by atoms with E-state index in [4.69, 9.17) is 0 Å². The first-order valence-corrected chi connectivity index (χ1v) is 19.4. The third-order valence-electron chi connectivity index (χ3n) is 11.9. The summed E-state index contributed by atoms with van der Waals surface area (Å²) in [6.45, 7) is 0. The number of hydrogen-bond acceptors (Lipinski definition) is 1. The van der Waals surface area contributed by atoms with Gasteiger partial charge >= 0.3 is 0 Å². The van der Waals surface area contributed by atoms with E-state index in [1.54, 1.807) is 0 Å². The van der Waals surface area contributed by atoms with Crippen LogP contribution in [0.4, 0.5) is 17.1 Å². The van der Waals surface area contributed by atoms with E-state index in [0.717, 1.165) is 17.1 Å². The Bertz CT molecular complexity index is 2830.